The van der Waals surface area contributed by atoms with Gasteiger partial charge < -0.3 is 9.88 Å². The van der Waals surface area contributed by atoms with Crippen molar-refractivity contribution in [1.82, 2.24) is 9.55 Å². The zero-order valence-electron chi connectivity index (χ0n) is 13.7. The van der Waals surface area contributed by atoms with E-state index in [0.717, 1.165) is 0 Å². The summed E-state index contributed by atoms with van der Waals surface area (Å²) >= 11 is 5.12. The average Bonchev–Trinajstić information content (AvgIpc) is 2.61. The molecule has 0 radical (unpaired) electrons. The van der Waals surface area contributed by atoms with Crippen molar-refractivity contribution in [2.24, 2.45) is 7.05 Å². The predicted octanol–water partition coefficient (Wildman–Crippen LogP) is 3.40. The fourth-order valence-corrected chi connectivity index (χ4v) is 2.85. The molecule has 0 saturated heterocycles. The van der Waals surface area contributed by atoms with Crippen molar-refractivity contribution in [1.29, 1.82) is 0 Å². The smallest absolute Gasteiger partial charge is 0.261 e. The lowest BCUT2D eigenvalue weighted by molar-refractivity contribution is 0.0988. The molecular formula is C18H16FN3O2S. The van der Waals surface area contributed by atoms with Gasteiger partial charge in [-0.05, 0) is 61.6 Å². The second-order valence-electron chi connectivity index (χ2n) is 5.58. The van der Waals surface area contributed by atoms with Gasteiger partial charge in [-0.2, -0.15) is 0 Å². The highest BCUT2D eigenvalue weighted by Crippen LogP contribution is 2.19. The Hall–Kier alpha value is -2.80. The number of hydrogen-bond donors (Lipinski definition) is 1. The second kappa shape index (κ2) is 6.60. The van der Waals surface area contributed by atoms with E-state index >= 15 is 0 Å². The Morgan fingerprint density at radius 2 is 1.92 bits per heavy atom. The molecule has 1 N–H and O–H groups in total. The van der Waals surface area contributed by atoms with Gasteiger partial charge in [-0.1, -0.05) is 0 Å². The van der Waals surface area contributed by atoms with E-state index < -0.39 is 0 Å². The van der Waals surface area contributed by atoms with Crippen LogP contribution >= 0.6 is 12.2 Å². The Kier molecular flexibility index (Phi) is 4.50. The van der Waals surface area contributed by atoms with Gasteiger partial charge in [-0.3, -0.25) is 14.2 Å². The van der Waals surface area contributed by atoms with Gasteiger partial charge in [0.05, 0.1) is 10.9 Å². The van der Waals surface area contributed by atoms with Crippen LogP contribution in [0.5, 0.6) is 0 Å². The highest BCUT2D eigenvalue weighted by molar-refractivity contribution is 7.71. The van der Waals surface area contributed by atoms with E-state index in [9.17, 15) is 14.0 Å². The lowest BCUT2D eigenvalue weighted by atomic mass is 10.1. The zero-order valence-corrected chi connectivity index (χ0v) is 14.6. The quantitative estimate of drug-likeness (QED) is 0.731. The van der Waals surface area contributed by atoms with E-state index in [4.69, 9.17) is 12.2 Å². The number of hydrogen-bond acceptors (Lipinski definition) is 3. The molecule has 0 aliphatic rings. The Morgan fingerprint density at radius 3 is 2.56 bits per heavy atom. The number of carbonyl (C=O) groups is 1. The van der Waals surface area contributed by atoms with Gasteiger partial charge in [0, 0.05) is 24.8 Å². The van der Waals surface area contributed by atoms with E-state index in [1.165, 1.54) is 21.6 Å². The SMILES string of the molecule is CCN(C(=O)c1ccc2c(=O)n(C)c(=S)[nH]c2c1)c1ccc(F)cc1. The van der Waals surface area contributed by atoms with Crippen molar-refractivity contribution < 1.29 is 9.18 Å². The van der Waals surface area contributed by atoms with Crippen molar-refractivity contribution in [2.45, 2.75) is 6.92 Å². The van der Waals surface area contributed by atoms with Crippen LogP contribution in [0.15, 0.2) is 47.3 Å². The molecule has 0 bridgehead atoms. The largest absolute Gasteiger partial charge is 0.332 e. The number of aromatic amines is 1. The van der Waals surface area contributed by atoms with Gasteiger partial charge in [0.1, 0.15) is 5.82 Å². The number of halogens is 1. The number of aromatic nitrogens is 2. The average molecular weight is 357 g/mol. The van der Waals surface area contributed by atoms with Crippen LogP contribution in [0.4, 0.5) is 10.1 Å². The van der Waals surface area contributed by atoms with Crippen molar-refractivity contribution in [2.75, 3.05) is 11.4 Å². The molecule has 5 nitrogen and oxygen atoms in total. The molecule has 1 amide bonds. The van der Waals surface area contributed by atoms with Gasteiger partial charge in [-0.25, -0.2) is 4.39 Å². The number of benzene rings is 2. The fraction of sp³-hybridized carbons (Fsp3) is 0.167. The van der Waals surface area contributed by atoms with Crippen molar-refractivity contribution >= 4 is 34.7 Å². The minimum Gasteiger partial charge on any atom is -0.332 e. The molecule has 128 valence electrons. The molecule has 0 unspecified atom stereocenters. The maximum atomic E-state index is 13.1. The topological polar surface area (TPSA) is 58.1 Å². The van der Waals surface area contributed by atoms with Gasteiger partial charge in [0.15, 0.2) is 4.77 Å². The molecule has 0 spiro atoms. The Bertz CT molecular complexity index is 1070. The van der Waals surface area contributed by atoms with Crippen LogP contribution in [0.1, 0.15) is 17.3 Å². The summed E-state index contributed by atoms with van der Waals surface area (Å²) in [7, 11) is 1.59. The van der Waals surface area contributed by atoms with Crippen LogP contribution in [-0.2, 0) is 7.05 Å². The van der Waals surface area contributed by atoms with E-state index in [-0.39, 0.29) is 22.1 Å². The molecule has 0 atom stereocenters. The molecule has 1 aromatic heterocycles. The molecule has 3 aromatic rings. The van der Waals surface area contributed by atoms with Gasteiger partial charge in [0.2, 0.25) is 0 Å². The molecule has 3 rings (SSSR count). The van der Waals surface area contributed by atoms with Crippen LogP contribution in [0.2, 0.25) is 0 Å². The molecule has 0 fully saturated rings. The van der Waals surface area contributed by atoms with E-state index in [1.807, 2.05) is 6.92 Å². The monoisotopic (exact) mass is 357 g/mol. The van der Waals surface area contributed by atoms with Crippen LogP contribution in [0, 0.1) is 10.6 Å². The maximum Gasteiger partial charge on any atom is 0.261 e. The first-order chi connectivity index (χ1) is 11.9. The summed E-state index contributed by atoms with van der Waals surface area (Å²) in [6.07, 6.45) is 0. The fourth-order valence-electron chi connectivity index (χ4n) is 2.66. The molecule has 0 saturated carbocycles. The van der Waals surface area contributed by atoms with Crippen LogP contribution in [-0.4, -0.2) is 22.0 Å². The van der Waals surface area contributed by atoms with E-state index in [2.05, 4.69) is 4.98 Å². The first-order valence-corrected chi connectivity index (χ1v) is 8.13. The number of anilines is 1. The predicted molar refractivity (Wildman–Crippen MR) is 98.1 cm³/mol. The molecule has 1 heterocycles. The Balaban J connectivity index is 2.07. The molecule has 25 heavy (non-hydrogen) atoms. The normalized spacial score (nSPS) is 10.8. The summed E-state index contributed by atoms with van der Waals surface area (Å²) in [5.74, 6) is -0.600. The standard InChI is InChI=1S/C18H16FN3O2S/c1-3-22(13-7-5-12(19)6-8-13)16(23)11-4-9-14-15(10-11)20-18(25)21(2)17(14)24/h4-10H,3H2,1-2H3,(H,20,25). The third kappa shape index (κ3) is 3.10. The number of nitrogens with zero attached hydrogens (tertiary/aromatic N) is 2. The third-order valence-corrected chi connectivity index (χ3v) is 4.42. The van der Waals surface area contributed by atoms with Gasteiger partial charge >= 0.3 is 0 Å². The molecular weight excluding hydrogens is 341 g/mol. The highest BCUT2D eigenvalue weighted by Gasteiger charge is 2.17. The maximum absolute atomic E-state index is 13.1. The number of nitrogens with one attached hydrogen (secondary N) is 1. The number of carbonyl (C=O) groups excluding carboxylic acids is 1. The molecule has 2 aromatic carbocycles. The minimum atomic E-state index is -0.360. The summed E-state index contributed by atoms with van der Waals surface area (Å²) in [6.45, 7) is 2.26. The summed E-state index contributed by atoms with van der Waals surface area (Å²) in [6, 6.07) is 10.6. The molecule has 7 heteroatoms. The van der Waals surface area contributed by atoms with Crippen molar-refractivity contribution in [3.8, 4) is 0 Å². The summed E-state index contributed by atoms with van der Waals surface area (Å²) in [4.78, 5) is 29.6. The van der Waals surface area contributed by atoms with Gasteiger partial charge in [-0.15, -0.1) is 0 Å². The van der Waals surface area contributed by atoms with E-state index in [1.54, 1.807) is 37.4 Å². The first-order valence-electron chi connectivity index (χ1n) is 7.73. The molecule has 0 aliphatic heterocycles. The number of rotatable bonds is 3. The second-order valence-corrected chi connectivity index (χ2v) is 5.97. The highest BCUT2D eigenvalue weighted by atomic mass is 32.1. The lowest BCUT2D eigenvalue weighted by Gasteiger charge is -2.21. The molecule has 0 aliphatic carbocycles. The van der Waals surface area contributed by atoms with Crippen LogP contribution in [0.25, 0.3) is 10.9 Å². The lowest BCUT2D eigenvalue weighted by Crippen LogP contribution is -2.30. The number of amides is 1. The Morgan fingerprint density at radius 1 is 1.24 bits per heavy atom. The van der Waals surface area contributed by atoms with Crippen molar-refractivity contribution in [3.05, 3.63) is 69.0 Å². The van der Waals surface area contributed by atoms with E-state index in [0.29, 0.717) is 28.7 Å². The summed E-state index contributed by atoms with van der Waals surface area (Å²) in [5.41, 5.74) is 1.31. The first kappa shape index (κ1) is 17.0. The van der Waals surface area contributed by atoms with Crippen LogP contribution < -0.4 is 10.5 Å². The Labute approximate surface area is 148 Å². The summed E-state index contributed by atoms with van der Waals surface area (Å²) < 4.78 is 14.7. The number of H-pyrrole nitrogens is 1. The zero-order chi connectivity index (χ0) is 18.1. The third-order valence-electron chi connectivity index (χ3n) is 4.05. The minimum absolute atomic E-state index is 0.219. The van der Waals surface area contributed by atoms with Crippen LogP contribution in [0.3, 0.4) is 0 Å². The summed E-state index contributed by atoms with van der Waals surface area (Å²) in [5, 5.41) is 0.456. The van der Waals surface area contributed by atoms with Gasteiger partial charge in [0.25, 0.3) is 11.5 Å². The van der Waals surface area contributed by atoms with Crippen molar-refractivity contribution in [3.63, 3.8) is 0 Å². The number of fused-ring (bicyclic) bond motifs is 1.